The number of nitrogens with one attached hydrogen (secondary N) is 1. The normalized spacial score (nSPS) is 16.7. The van der Waals surface area contributed by atoms with E-state index in [0.29, 0.717) is 39.4 Å². The SMILES string of the molecule is C#CCNCC(=O)N1CCOCC1. The maximum atomic E-state index is 11.4. The second kappa shape index (κ2) is 5.57. The van der Waals surface area contributed by atoms with Gasteiger partial charge in [-0.05, 0) is 0 Å². The fourth-order valence-corrected chi connectivity index (χ4v) is 1.17. The van der Waals surface area contributed by atoms with E-state index in [9.17, 15) is 4.79 Å². The van der Waals surface area contributed by atoms with Crippen molar-refractivity contribution in [2.75, 3.05) is 39.4 Å². The average Bonchev–Trinajstić information content (AvgIpc) is 2.19. The predicted octanol–water partition coefficient (Wildman–Crippen LogP) is -0.932. The molecule has 1 amide bonds. The van der Waals surface area contributed by atoms with Gasteiger partial charge in [0, 0.05) is 13.1 Å². The van der Waals surface area contributed by atoms with Gasteiger partial charge in [0.1, 0.15) is 0 Å². The van der Waals surface area contributed by atoms with Crippen LogP contribution < -0.4 is 5.32 Å². The first kappa shape index (κ1) is 10.0. The molecule has 1 saturated heterocycles. The number of terminal acetylenes is 1. The van der Waals surface area contributed by atoms with Crippen molar-refractivity contribution in [3.05, 3.63) is 0 Å². The zero-order valence-electron chi connectivity index (χ0n) is 7.58. The lowest BCUT2D eigenvalue weighted by Gasteiger charge is -2.26. The number of nitrogens with zero attached hydrogens (tertiary/aromatic N) is 1. The molecule has 1 fully saturated rings. The molecule has 0 bridgehead atoms. The van der Waals surface area contributed by atoms with Crippen LogP contribution in [0.2, 0.25) is 0 Å². The molecule has 1 rings (SSSR count). The van der Waals surface area contributed by atoms with Gasteiger partial charge in [0.05, 0.1) is 26.3 Å². The molecule has 1 heterocycles. The molecule has 0 aromatic rings. The van der Waals surface area contributed by atoms with Crippen LogP contribution in [0, 0.1) is 12.3 Å². The third-order valence-corrected chi connectivity index (χ3v) is 1.87. The maximum Gasteiger partial charge on any atom is 0.236 e. The summed E-state index contributed by atoms with van der Waals surface area (Å²) in [5, 5.41) is 2.86. The number of rotatable bonds is 3. The van der Waals surface area contributed by atoms with E-state index in [1.807, 2.05) is 0 Å². The second-order valence-electron chi connectivity index (χ2n) is 2.80. The Balaban J connectivity index is 2.18. The van der Waals surface area contributed by atoms with Crippen LogP contribution in [0.25, 0.3) is 0 Å². The van der Waals surface area contributed by atoms with Crippen LogP contribution in [-0.4, -0.2) is 50.2 Å². The van der Waals surface area contributed by atoms with Gasteiger partial charge < -0.3 is 9.64 Å². The molecule has 1 aliphatic heterocycles. The van der Waals surface area contributed by atoms with Gasteiger partial charge in [0.15, 0.2) is 0 Å². The van der Waals surface area contributed by atoms with Crippen LogP contribution in [-0.2, 0) is 9.53 Å². The van der Waals surface area contributed by atoms with Crippen LogP contribution in [0.1, 0.15) is 0 Å². The molecule has 0 spiro atoms. The van der Waals surface area contributed by atoms with Crippen LogP contribution in [0.5, 0.6) is 0 Å². The molecule has 0 aromatic carbocycles. The van der Waals surface area contributed by atoms with Crippen molar-refractivity contribution in [1.82, 2.24) is 10.2 Å². The third-order valence-electron chi connectivity index (χ3n) is 1.87. The van der Waals surface area contributed by atoms with E-state index in [4.69, 9.17) is 11.2 Å². The highest BCUT2D eigenvalue weighted by atomic mass is 16.5. The summed E-state index contributed by atoms with van der Waals surface area (Å²) < 4.78 is 5.13. The van der Waals surface area contributed by atoms with Crippen LogP contribution >= 0.6 is 0 Å². The number of carbonyl (C=O) groups excluding carboxylic acids is 1. The molecule has 4 nitrogen and oxygen atoms in total. The maximum absolute atomic E-state index is 11.4. The van der Waals surface area contributed by atoms with Crippen LogP contribution in [0.15, 0.2) is 0 Å². The summed E-state index contributed by atoms with van der Waals surface area (Å²) in [6.45, 7) is 3.43. The van der Waals surface area contributed by atoms with E-state index in [0.717, 1.165) is 0 Å². The molecule has 4 heteroatoms. The Morgan fingerprint density at radius 1 is 1.54 bits per heavy atom. The van der Waals surface area contributed by atoms with Gasteiger partial charge >= 0.3 is 0 Å². The largest absolute Gasteiger partial charge is 0.378 e. The lowest BCUT2D eigenvalue weighted by Crippen LogP contribution is -2.44. The molecule has 0 atom stereocenters. The summed E-state index contributed by atoms with van der Waals surface area (Å²) in [5.41, 5.74) is 0. The molecule has 0 radical (unpaired) electrons. The van der Waals surface area contributed by atoms with E-state index in [2.05, 4.69) is 11.2 Å². The Hall–Kier alpha value is -1.05. The van der Waals surface area contributed by atoms with Crippen molar-refractivity contribution < 1.29 is 9.53 Å². The fourth-order valence-electron chi connectivity index (χ4n) is 1.17. The number of morpholine rings is 1. The molecule has 72 valence electrons. The first-order valence-electron chi connectivity index (χ1n) is 4.34. The zero-order valence-corrected chi connectivity index (χ0v) is 7.58. The molecule has 0 saturated carbocycles. The van der Waals surface area contributed by atoms with Gasteiger partial charge in [0.25, 0.3) is 0 Å². The average molecular weight is 182 g/mol. The predicted molar refractivity (Wildman–Crippen MR) is 49.1 cm³/mol. The molecule has 13 heavy (non-hydrogen) atoms. The van der Waals surface area contributed by atoms with E-state index in [-0.39, 0.29) is 5.91 Å². The molecule has 0 aliphatic carbocycles. The number of ether oxygens (including phenoxy) is 1. The molecule has 0 unspecified atom stereocenters. The highest BCUT2D eigenvalue weighted by Crippen LogP contribution is 1.96. The van der Waals surface area contributed by atoms with E-state index in [1.165, 1.54) is 0 Å². The van der Waals surface area contributed by atoms with Crippen molar-refractivity contribution in [2.45, 2.75) is 0 Å². The first-order chi connectivity index (χ1) is 6.34. The molecular formula is C9H14N2O2. The smallest absolute Gasteiger partial charge is 0.236 e. The molecular weight excluding hydrogens is 168 g/mol. The Bertz CT molecular complexity index is 204. The lowest BCUT2D eigenvalue weighted by atomic mass is 10.4. The van der Waals surface area contributed by atoms with Gasteiger partial charge in [-0.1, -0.05) is 5.92 Å². The Morgan fingerprint density at radius 3 is 2.85 bits per heavy atom. The first-order valence-corrected chi connectivity index (χ1v) is 4.34. The Kier molecular flexibility index (Phi) is 4.30. The van der Waals surface area contributed by atoms with Gasteiger partial charge in [-0.25, -0.2) is 0 Å². The molecule has 1 aliphatic rings. The van der Waals surface area contributed by atoms with Crippen molar-refractivity contribution in [1.29, 1.82) is 0 Å². The van der Waals surface area contributed by atoms with E-state index < -0.39 is 0 Å². The number of hydrogen-bond acceptors (Lipinski definition) is 3. The fraction of sp³-hybridized carbons (Fsp3) is 0.667. The highest BCUT2D eigenvalue weighted by Gasteiger charge is 2.15. The third kappa shape index (κ3) is 3.45. The van der Waals surface area contributed by atoms with Crippen molar-refractivity contribution in [3.8, 4) is 12.3 Å². The summed E-state index contributed by atoms with van der Waals surface area (Å²) >= 11 is 0. The Labute approximate surface area is 78.2 Å². The summed E-state index contributed by atoms with van der Waals surface area (Å²) in [6, 6.07) is 0. The van der Waals surface area contributed by atoms with Gasteiger partial charge in [-0.2, -0.15) is 0 Å². The molecule has 1 N–H and O–H groups in total. The lowest BCUT2D eigenvalue weighted by molar-refractivity contribution is -0.134. The number of hydrogen-bond donors (Lipinski definition) is 1. The van der Waals surface area contributed by atoms with Gasteiger partial charge in [-0.15, -0.1) is 6.42 Å². The van der Waals surface area contributed by atoms with Crippen molar-refractivity contribution >= 4 is 5.91 Å². The number of amides is 1. The second-order valence-corrected chi connectivity index (χ2v) is 2.80. The summed E-state index contributed by atoms with van der Waals surface area (Å²) in [5.74, 6) is 2.52. The minimum absolute atomic E-state index is 0.0959. The standard InChI is InChI=1S/C9H14N2O2/c1-2-3-10-8-9(12)11-4-6-13-7-5-11/h1,10H,3-8H2. The minimum Gasteiger partial charge on any atom is -0.378 e. The number of carbonyl (C=O) groups is 1. The minimum atomic E-state index is 0.0959. The Morgan fingerprint density at radius 2 is 2.23 bits per heavy atom. The van der Waals surface area contributed by atoms with Gasteiger partial charge in [0.2, 0.25) is 5.91 Å². The van der Waals surface area contributed by atoms with Gasteiger partial charge in [-0.3, -0.25) is 10.1 Å². The van der Waals surface area contributed by atoms with E-state index >= 15 is 0 Å². The van der Waals surface area contributed by atoms with Crippen molar-refractivity contribution in [3.63, 3.8) is 0 Å². The summed E-state index contributed by atoms with van der Waals surface area (Å²) in [7, 11) is 0. The zero-order chi connectivity index (χ0) is 9.52. The quantitative estimate of drug-likeness (QED) is 0.453. The van der Waals surface area contributed by atoms with Crippen molar-refractivity contribution in [2.24, 2.45) is 0 Å². The summed E-state index contributed by atoms with van der Waals surface area (Å²) in [6.07, 6.45) is 5.04. The topological polar surface area (TPSA) is 41.6 Å². The summed E-state index contributed by atoms with van der Waals surface area (Å²) in [4.78, 5) is 13.2. The van der Waals surface area contributed by atoms with Crippen LogP contribution in [0.3, 0.4) is 0 Å². The molecule has 0 aromatic heterocycles. The van der Waals surface area contributed by atoms with Crippen LogP contribution in [0.4, 0.5) is 0 Å². The highest BCUT2D eigenvalue weighted by molar-refractivity contribution is 5.78. The van der Waals surface area contributed by atoms with E-state index in [1.54, 1.807) is 4.90 Å². The monoisotopic (exact) mass is 182 g/mol.